The normalized spacial score (nSPS) is 13.2. The Morgan fingerprint density at radius 1 is 1.09 bits per heavy atom. The van der Waals surface area contributed by atoms with Crippen molar-refractivity contribution in [2.24, 2.45) is 4.99 Å². The summed E-state index contributed by atoms with van der Waals surface area (Å²) in [5.74, 6) is -0.911. The Balaban J connectivity index is 1.52. The molecule has 0 saturated carbocycles. The van der Waals surface area contributed by atoms with Crippen LogP contribution in [0, 0.1) is 0 Å². The first-order valence-corrected chi connectivity index (χ1v) is 11.1. The zero-order chi connectivity index (χ0) is 22.5. The second-order valence-corrected chi connectivity index (χ2v) is 8.88. The standard InChI is InChI=1S/C19H11N5O6S2/c25-15-13(11-8-10(32(27,28)29)6-7-12(11)20-15)14-16(26)21-19(31-14)22-18-24-23-17(30-18)9-4-2-1-3-5-9/h1-8,26H,(H,21,22,24)(H,27,28,29)/p-1. The number of hydrogen-bond donors (Lipinski definition) is 2. The number of thiazole rings is 1. The number of carbonyl (C=O) groups excluding carboxylic acids is 1. The molecule has 0 fully saturated rings. The lowest BCUT2D eigenvalue weighted by Crippen LogP contribution is -2.24. The Hall–Kier alpha value is -3.94. The van der Waals surface area contributed by atoms with Gasteiger partial charge < -0.3 is 14.1 Å². The largest absolute Gasteiger partial charge is 0.744 e. The summed E-state index contributed by atoms with van der Waals surface area (Å²) >= 11 is 0.892. The van der Waals surface area contributed by atoms with Crippen LogP contribution in [-0.4, -0.2) is 39.2 Å². The predicted octanol–water partition coefficient (Wildman–Crippen LogP) is 0.905. The molecule has 2 aromatic carbocycles. The number of aromatic nitrogens is 3. The van der Waals surface area contributed by atoms with E-state index in [9.17, 15) is 22.9 Å². The molecule has 1 aliphatic rings. The molecule has 13 heteroatoms. The molecule has 0 bridgehead atoms. The van der Waals surface area contributed by atoms with E-state index in [2.05, 4.69) is 25.5 Å². The molecule has 160 valence electrons. The van der Waals surface area contributed by atoms with E-state index in [1.54, 1.807) is 12.1 Å². The van der Waals surface area contributed by atoms with Gasteiger partial charge in [-0.2, -0.15) is 4.98 Å². The van der Waals surface area contributed by atoms with Gasteiger partial charge in [0.1, 0.15) is 15.0 Å². The van der Waals surface area contributed by atoms with Crippen molar-refractivity contribution >= 4 is 44.1 Å². The monoisotopic (exact) mass is 468 g/mol. The van der Waals surface area contributed by atoms with Crippen molar-refractivity contribution in [2.45, 2.75) is 4.90 Å². The Morgan fingerprint density at radius 3 is 2.62 bits per heavy atom. The number of aromatic hydroxyl groups is 1. The Labute approximate surface area is 183 Å². The first-order valence-electron chi connectivity index (χ1n) is 8.89. The van der Waals surface area contributed by atoms with Crippen molar-refractivity contribution in [2.75, 3.05) is 5.32 Å². The third kappa shape index (κ3) is 3.53. The van der Waals surface area contributed by atoms with Crippen LogP contribution in [0.3, 0.4) is 0 Å². The summed E-state index contributed by atoms with van der Waals surface area (Å²) in [7, 11) is -4.74. The van der Waals surface area contributed by atoms with Gasteiger partial charge in [-0.3, -0.25) is 10.1 Å². The summed E-state index contributed by atoms with van der Waals surface area (Å²) in [6.07, 6.45) is 0. The summed E-state index contributed by atoms with van der Waals surface area (Å²) in [6, 6.07) is 12.5. The first-order chi connectivity index (χ1) is 15.3. The molecule has 0 unspecified atom stereocenters. The number of hydrogen-bond acceptors (Lipinski definition) is 11. The predicted molar refractivity (Wildman–Crippen MR) is 109 cm³/mol. The average Bonchev–Trinajstić information content (AvgIpc) is 3.44. The highest BCUT2D eigenvalue weighted by Crippen LogP contribution is 2.35. The van der Waals surface area contributed by atoms with Gasteiger partial charge in [-0.1, -0.05) is 34.6 Å². The summed E-state index contributed by atoms with van der Waals surface area (Å²) in [6.45, 7) is 0. The van der Waals surface area contributed by atoms with Crippen LogP contribution in [0.1, 0.15) is 4.88 Å². The number of benzene rings is 2. The fourth-order valence-electron chi connectivity index (χ4n) is 3.06. The molecule has 2 N–H and O–H groups in total. The lowest BCUT2D eigenvalue weighted by atomic mass is 10.1. The van der Waals surface area contributed by atoms with Crippen molar-refractivity contribution < 1.29 is 27.3 Å². The number of nitrogens with one attached hydrogen (secondary N) is 1. The Morgan fingerprint density at radius 2 is 1.88 bits per heavy atom. The number of fused-ring (bicyclic) bond motifs is 1. The molecule has 32 heavy (non-hydrogen) atoms. The van der Waals surface area contributed by atoms with Gasteiger partial charge in [-0.05, 0) is 30.3 Å². The second-order valence-electron chi connectivity index (χ2n) is 6.50. The van der Waals surface area contributed by atoms with Crippen LogP contribution in [0.4, 0.5) is 11.1 Å². The summed E-state index contributed by atoms with van der Waals surface area (Å²) in [5, 5.41) is 21.3. The van der Waals surface area contributed by atoms with Crippen LogP contribution in [0.15, 0.2) is 62.8 Å². The number of amides is 1. The van der Waals surface area contributed by atoms with Gasteiger partial charge in [-0.15, -0.1) is 5.10 Å². The molecule has 5 rings (SSSR count). The quantitative estimate of drug-likeness (QED) is 0.401. The molecule has 1 amide bonds. The highest BCUT2D eigenvalue weighted by atomic mass is 32.2. The van der Waals surface area contributed by atoms with Gasteiger partial charge in [0.2, 0.25) is 11.8 Å². The molecule has 0 aliphatic carbocycles. The minimum atomic E-state index is -4.74. The fourth-order valence-corrected chi connectivity index (χ4v) is 4.46. The van der Waals surface area contributed by atoms with Gasteiger partial charge in [0.15, 0.2) is 5.13 Å². The highest BCUT2D eigenvalue weighted by molar-refractivity contribution is 7.85. The summed E-state index contributed by atoms with van der Waals surface area (Å²) in [4.78, 5) is 19.8. The molecule has 0 saturated heterocycles. The zero-order valence-electron chi connectivity index (χ0n) is 15.7. The maximum Gasteiger partial charge on any atom is 0.322 e. The van der Waals surface area contributed by atoms with E-state index >= 15 is 0 Å². The molecule has 0 radical (unpaired) electrons. The van der Waals surface area contributed by atoms with E-state index in [1.807, 2.05) is 18.2 Å². The van der Waals surface area contributed by atoms with E-state index in [-0.39, 0.29) is 38.1 Å². The third-order valence-electron chi connectivity index (χ3n) is 4.46. The van der Waals surface area contributed by atoms with Gasteiger partial charge >= 0.3 is 6.01 Å². The fraction of sp³-hybridized carbons (Fsp3) is 0. The van der Waals surface area contributed by atoms with Crippen LogP contribution >= 0.6 is 11.3 Å². The van der Waals surface area contributed by atoms with Crippen LogP contribution in [0.2, 0.25) is 0 Å². The molecule has 2 aromatic heterocycles. The average molecular weight is 468 g/mol. The van der Waals surface area contributed by atoms with Gasteiger partial charge in [0.25, 0.3) is 5.91 Å². The molecule has 3 heterocycles. The van der Waals surface area contributed by atoms with Crippen molar-refractivity contribution in [3.8, 4) is 17.3 Å². The number of nitrogens with zero attached hydrogens (tertiary/aromatic N) is 4. The number of carbonyl (C=O) groups is 1. The molecule has 0 spiro atoms. The van der Waals surface area contributed by atoms with Crippen molar-refractivity contribution in [3.63, 3.8) is 0 Å². The van der Waals surface area contributed by atoms with Crippen LogP contribution in [0.5, 0.6) is 5.88 Å². The van der Waals surface area contributed by atoms with E-state index in [0.29, 0.717) is 5.56 Å². The van der Waals surface area contributed by atoms with E-state index < -0.39 is 26.8 Å². The SMILES string of the molecule is O=C1N=c2ccc(S(=O)(=O)[O-])cc2=C1c1sc(Nc2nnc(-c3ccccc3)o2)nc1O. The lowest BCUT2D eigenvalue weighted by Gasteiger charge is -2.05. The minimum absolute atomic E-state index is 0.0109. The molecular weight excluding hydrogens is 458 g/mol. The van der Waals surface area contributed by atoms with Gasteiger partial charge in [0, 0.05) is 10.8 Å². The third-order valence-corrected chi connectivity index (χ3v) is 6.27. The second kappa shape index (κ2) is 7.33. The van der Waals surface area contributed by atoms with E-state index in [0.717, 1.165) is 23.5 Å². The van der Waals surface area contributed by atoms with Crippen molar-refractivity contribution in [3.05, 3.63) is 64.0 Å². The van der Waals surface area contributed by atoms with E-state index in [4.69, 9.17) is 4.42 Å². The van der Waals surface area contributed by atoms with Crippen molar-refractivity contribution in [1.29, 1.82) is 0 Å². The van der Waals surface area contributed by atoms with Crippen LogP contribution in [0.25, 0.3) is 17.0 Å². The molecule has 4 aromatic rings. The molecular formula is C19H10N5O6S2-. The Bertz CT molecular complexity index is 1610. The van der Waals surface area contributed by atoms with E-state index in [1.165, 1.54) is 6.07 Å². The molecule has 11 nitrogen and oxygen atoms in total. The zero-order valence-corrected chi connectivity index (χ0v) is 17.3. The summed E-state index contributed by atoms with van der Waals surface area (Å²) in [5.41, 5.74) is 0.647. The van der Waals surface area contributed by atoms with Crippen LogP contribution in [-0.2, 0) is 14.9 Å². The molecule has 1 aliphatic heterocycles. The lowest BCUT2D eigenvalue weighted by molar-refractivity contribution is -0.112. The molecule has 0 atom stereocenters. The van der Waals surface area contributed by atoms with Crippen LogP contribution < -0.4 is 15.9 Å². The minimum Gasteiger partial charge on any atom is -0.744 e. The van der Waals surface area contributed by atoms with Crippen molar-refractivity contribution in [1.82, 2.24) is 15.2 Å². The van der Waals surface area contributed by atoms with Gasteiger partial charge in [0.05, 0.1) is 15.8 Å². The smallest absolute Gasteiger partial charge is 0.322 e. The van der Waals surface area contributed by atoms with Gasteiger partial charge in [-0.25, -0.2) is 13.4 Å². The number of anilines is 2. The topological polar surface area (TPSA) is 171 Å². The maximum absolute atomic E-state index is 12.4. The number of rotatable bonds is 5. The highest BCUT2D eigenvalue weighted by Gasteiger charge is 2.26. The maximum atomic E-state index is 12.4. The Kier molecular flexibility index (Phi) is 4.58. The summed E-state index contributed by atoms with van der Waals surface area (Å²) < 4.78 is 39.6. The first kappa shape index (κ1) is 20.0.